The van der Waals surface area contributed by atoms with Crippen molar-refractivity contribution < 1.29 is 14.3 Å². The number of Topliss-reactive ketones (excluding diaryl/α,β-unsaturated/α-hetero) is 1. The zero-order valence-electron chi connectivity index (χ0n) is 17.7. The Hall–Kier alpha value is -3.10. The Balaban J connectivity index is 1.71. The minimum absolute atomic E-state index is 0.0348. The third kappa shape index (κ3) is 5.57. The third-order valence-corrected chi connectivity index (χ3v) is 5.95. The molecule has 1 amide bonds. The van der Waals surface area contributed by atoms with Crippen LogP contribution in [0.15, 0.2) is 66.3 Å². The molecule has 0 saturated heterocycles. The summed E-state index contributed by atoms with van der Waals surface area (Å²) in [6, 6.07) is 13.4. The van der Waals surface area contributed by atoms with Crippen LogP contribution in [0.4, 0.5) is 0 Å². The highest BCUT2D eigenvalue weighted by molar-refractivity contribution is 7.99. The lowest BCUT2D eigenvalue weighted by Gasteiger charge is -2.15. The van der Waals surface area contributed by atoms with E-state index in [-0.39, 0.29) is 17.4 Å². The van der Waals surface area contributed by atoms with Crippen LogP contribution >= 0.6 is 23.4 Å². The van der Waals surface area contributed by atoms with Gasteiger partial charge in [-0.1, -0.05) is 41.6 Å². The fourth-order valence-corrected chi connectivity index (χ4v) is 4.07. The number of methoxy groups -OCH3 is 1. The predicted octanol–water partition coefficient (Wildman–Crippen LogP) is 4.59. The number of hydrogen-bond acceptors (Lipinski definition) is 6. The van der Waals surface area contributed by atoms with Crippen LogP contribution in [0.2, 0.25) is 5.02 Å². The Kier molecular flexibility index (Phi) is 8.08. The number of ether oxygens (including phenoxy) is 1. The van der Waals surface area contributed by atoms with Crippen LogP contribution in [0.25, 0.3) is 0 Å². The molecular weight excluding hydrogens is 448 g/mol. The highest BCUT2D eigenvalue weighted by Gasteiger charge is 2.21. The van der Waals surface area contributed by atoms with Crippen molar-refractivity contribution in [2.45, 2.75) is 24.7 Å². The van der Waals surface area contributed by atoms with Gasteiger partial charge in [0.1, 0.15) is 5.75 Å². The van der Waals surface area contributed by atoms with Gasteiger partial charge in [0, 0.05) is 12.1 Å². The highest BCUT2D eigenvalue weighted by Crippen LogP contribution is 2.23. The van der Waals surface area contributed by atoms with E-state index in [0.29, 0.717) is 39.4 Å². The van der Waals surface area contributed by atoms with Crippen molar-refractivity contribution >= 4 is 35.1 Å². The van der Waals surface area contributed by atoms with Crippen molar-refractivity contribution in [3.8, 4) is 5.75 Å². The number of carbonyl (C=O) groups is 2. The van der Waals surface area contributed by atoms with Crippen LogP contribution in [-0.4, -0.2) is 39.3 Å². The number of aromatic nitrogens is 3. The molecule has 32 heavy (non-hydrogen) atoms. The Morgan fingerprint density at radius 3 is 2.59 bits per heavy atom. The second kappa shape index (κ2) is 11.0. The van der Waals surface area contributed by atoms with Gasteiger partial charge >= 0.3 is 0 Å². The maximum absolute atomic E-state index is 12.6. The number of rotatable bonds is 10. The van der Waals surface area contributed by atoms with Crippen LogP contribution < -0.4 is 10.1 Å². The van der Waals surface area contributed by atoms with Crippen LogP contribution in [0, 0.1) is 0 Å². The maximum atomic E-state index is 12.6. The monoisotopic (exact) mass is 470 g/mol. The Labute approximate surface area is 195 Å². The Morgan fingerprint density at radius 2 is 1.94 bits per heavy atom. The van der Waals surface area contributed by atoms with Crippen molar-refractivity contribution in [1.82, 2.24) is 20.1 Å². The summed E-state index contributed by atoms with van der Waals surface area (Å²) in [4.78, 5) is 25.2. The number of benzene rings is 2. The molecule has 0 fully saturated rings. The van der Waals surface area contributed by atoms with E-state index in [4.69, 9.17) is 16.3 Å². The zero-order valence-corrected chi connectivity index (χ0v) is 19.3. The molecule has 3 aromatic rings. The molecule has 0 aliphatic rings. The molecule has 1 N–H and O–H groups in total. The molecule has 1 heterocycles. The molecule has 3 rings (SSSR count). The SMILES string of the molecule is C=CCn1c(SCC(=O)c2ccc(OC)cc2)nnc1C(C)NC(=O)c1ccccc1Cl. The Morgan fingerprint density at radius 1 is 1.22 bits per heavy atom. The number of nitrogens with one attached hydrogen (secondary N) is 1. The normalized spacial score (nSPS) is 11.6. The van der Waals surface area contributed by atoms with E-state index in [1.807, 2.05) is 11.5 Å². The molecule has 2 aromatic carbocycles. The van der Waals surface area contributed by atoms with Crippen molar-refractivity contribution in [3.05, 3.63) is 83.2 Å². The van der Waals surface area contributed by atoms with Gasteiger partial charge in [0.25, 0.3) is 5.91 Å². The van der Waals surface area contributed by atoms with Crippen molar-refractivity contribution in [2.24, 2.45) is 0 Å². The molecule has 166 valence electrons. The zero-order chi connectivity index (χ0) is 23.1. The van der Waals surface area contributed by atoms with Gasteiger partial charge in [-0.15, -0.1) is 16.8 Å². The fraction of sp³-hybridized carbons (Fsp3) is 0.217. The van der Waals surface area contributed by atoms with E-state index < -0.39 is 6.04 Å². The molecule has 0 aliphatic heterocycles. The van der Waals surface area contributed by atoms with Crippen LogP contribution in [0.5, 0.6) is 5.75 Å². The number of amides is 1. The van der Waals surface area contributed by atoms with E-state index in [1.54, 1.807) is 61.7 Å². The minimum Gasteiger partial charge on any atom is -0.497 e. The number of carbonyl (C=O) groups excluding carboxylic acids is 2. The predicted molar refractivity (Wildman–Crippen MR) is 126 cm³/mol. The van der Waals surface area contributed by atoms with Gasteiger partial charge in [-0.2, -0.15) is 0 Å². The van der Waals surface area contributed by atoms with E-state index in [9.17, 15) is 9.59 Å². The number of nitrogens with zero attached hydrogens (tertiary/aromatic N) is 3. The number of allylic oxidation sites excluding steroid dienone is 1. The largest absolute Gasteiger partial charge is 0.497 e. The number of halogens is 1. The smallest absolute Gasteiger partial charge is 0.253 e. The molecule has 0 spiro atoms. The lowest BCUT2D eigenvalue weighted by Crippen LogP contribution is -2.29. The van der Waals surface area contributed by atoms with E-state index in [1.165, 1.54) is 11.8 Å². The topological polar surface area (TPSA) is 86.1 Å². The van der Waals surface area contributed by atoms with Crippen molar-refractivity contribution in [3.63, 3.8) is 0 Å². The third-order valence-electron chi connectivity index (χ3n) is 4.65. The summed E-state index contributed by atoms with van der Waals surface area (Å²) in [7, 11) is 1.58. The molecule has 0 bridgehead atoms. The number of thioether (sulfide) groups is 1. The number of ketones is 1. The molecule has 9 heteroatoms. The average Bonchev–Trinajstić information content (AvgIpc) is 3.20. The molecule has 0 aliphatic carbocycles. The number of hydrogen-bond donors (Lipinski definition) is 1. The standard InChI is InChI=1S/C23H23ClN4O3S/c1-4-13-28-21(15(2)25-22(30)18-7-5-6-8-19(18)24)26-27-23(28)32-14-20(29)16-9-11-17(31-3)12-10-16/h4-12,15H,1,13-14H2,2-3H3,(H,25,30). The fourth-order valence-electron chi connectivity index (χ4n) is 3.00. The van der Waals surface area contributed by atoms with Gasteiger partial charge in [0.05, 0.1) is 29.5 Å². The second-order valence-electron chi connectivity index (χ2n) is 6.86. The van der Waals surface area contributed by atoms with Gasteiger partial charge < -0.3 is 14.6 Å². The summed E-state index contributed by atoms with van der Waals surface area (Å²) in [5, 5.41) is 12.3. The van der Waals surface area contributed by atoms with E-state index in [0.717, 1.165) is 0 Å². The van der Waals surface area contributed by atoms with Crippen LogP contribution in [0.3, 0.4) is 0 Å². The first-order valence-electron chi connectivity index (χ1n) is 9.84. The van der Waals surface area contributed by atoms with E-state index in [2.05, 4.69) is 22.1 Å². The Bertz CT molecular complexity index is 1110. The first kappa shape index (κ1) is 23.6. The molecule has 0 saturated carbocycles. The van der Waals surface area contributed by atoms with Crippen LogP contribution in [-0.2, 0) is 6.54 Å². The molecular formula is C23H23ClN4O3S. The van der Waals surface area contributed by atoms with Gasteiger partial charge in [0.2, 0.25) is 0 Å². The summed E-state index contributed by atoms with van der Waals surface area (Å²) in [6.07, 6.45) is 1.71. The summed E-state index contributed by atoms with van der Waals surface area (Å²) >= 11 is 7.41. The molecule has 7 nitrogen and oxygen atoms in total. The lowest BCUT2D eigenvalue weighted by atomic mass is 10.1. The van der Waals surface area contributed by atoms with Gasteiger partial charge in [-0.3, -0.25) is 9.59 Å². The molecule has 1 aromatic heterocycles. The van der Waals surface area contributed by atoms with Crippen molar-refractivity contribution in [2.75, 3.05) is 12.9 Å². The second-order valence-corrected chi connectivity index (χ2v) is 8.21. The maximum Gasteiger partial charge on any atom is 0.253 e. The van der Waals surface area contributed by atoms with Gasteiger partial charge in [-0.05, 0) is 43.3 Å². The van der Waals surface area contributed by atoms with Crippen molar-refractivity contribution in [1.29, 1.82) is 0 Å². The summed E-state index contributed by atoms with van der Waals surface area (Å²) in [5.74, 6) is 1.11. The quantitative estimate of drug-likeness (QED) is 0.265. The van der Waals surface area contributed by atoms with Gasteiger partial charge in [-0.25, -0.2) is 0 Å². The summed E-state index contributed by atoms with van der Waals surface area (Å²) in [5.41, 5.74) is 0.976. The minimum atomic E-state index is -0.433. The molecule has 1 unspecified atom stereocenters. The molecule has 0 radical (unpaired) electrons. The van der Waals surface area contributed by atoms with E-state index >= 15 is 0 Å². The highest BCUT2D eigenvalue weighted by atomic mass is 35.5. The summed E-state index contributed by atoms with van der Waals surface area (Å²) < 4.78 is 6.95. The first-order chi connectivity index (χ1) is 15.4. The summed E-state index contributed by atoms with van der Waals surface area (Å²) in [6.45, 7) is 6.04. The average molecular weight is 471 g/mol. The molecule has 1 atom stereocenters. The van der Waals surface area contributed by atoms with Crippen LogP contribution in [0.1, 0.15) is 39.5 Å². The lowest BCUT2D eigenvalue weighted by molar-refractivity contribution is 0.0937. The van der Waals surface area contributed by atoms with Gasteiger partial charge in [0.15, 0.2) is 16.8 Å². The first-order valence-corrected chi connectivity index (χ1v) is 11.2.